The van der Waals surface area contributed by atoms with E-state index in [1.54, 1.807) is 13.8 Å². The number of hydrogen-bond acceptors (Lipinski definition) is 6. The molecule has 0 aromatic rings. The van der Waals surface area contributed by atoms with Gasteiger partial charge >= 0.3 is 18.0 Å². The third kappa shape index (κ3) is 8.85. The van der Waals surface area contributed by atoms with E-state index in [4.69, 9.17) is 9.47 Å². The van der Waals surface area contributed by atoms with Crippen molar-refractivity contribution in [2.24, 2.45) is 0 Å². The summed E-state index contributed by atoms with van der Waals surface area (Å²) in [5.41, 5.74) is 0. The van der Waals surface area contributed by atoms with Crippen LogP contribution in [0.4, 0.5) is 4.79 Å². The maximum absolute atomic E-state index is 11.7. The molecule has 0 radical (unpaired) electrons. The predicted molar refractivity (Wildman–Crippen MR) is 82.7 cm³/mol. The summed E-state index contributed by atoms with van der Waals surface area (Å²) < 4.78 is 14.9. The number of rotatable bonds is 7. The molecule has 7 nitrogen and oxygen atoms in total. The van der Waals surface area contributed by atoms with E-state index in [9.17, 15) is 14.4 Å². The molecule has 1 aliphatic rings. The van der Waals surface area contributed by atoms with Crippen molar-refractivity contribution in [3.8, 4) is 0 Å². The van der Waals surface area contributed by atoms with Crippen LogP contribution >= 0.6 is 0 Å². The first-order valence-electron chi connectivity index (χ1n) is 8.00. The first-order chi connectivity index (χ1) is 11.0. The maximum atomic E-state index is 11.7. The van der Waals surface area contributed by atoms with Crippen LogP contribution in [0.2, 0.25) is 0 Å². The zero-order valence-corrected chi connectivity index (χ0v) is 13.7. The molecule has 0 aromatic carbocycles. The molecule has 1 N–H and O–H groups in total. The summed E-state index contributed by atoms with van der Waals surface area (Å²) in [6.07, 6.45) is 6.62. The van der Waals surface area contributed by atoms with Gasteiger partial charge in [0.1, 0.15) is 12.7 Å². The van der Waals surface area contributed by atoms with E-state index in [0.29, 0.717) is 0 Å². The van der Waals surface area contributed by atoms with Gasteiger partial charge in [0.2, 0.25) is 0 Å². The second-order valence-corrected chi connectivity index (χ2v) is 5.43. The second kappa shape index (κ2) is 10.6. The summed E-state index contributed by atoms with van der Waals surface area (Å²) in [6.45, 7) is 3.60. The second-order valence-electron chi connectivity index (χ2n) is 5.43. The van der Waals surface area contributed by atoms with Crippen molar-refractivity contribution in [3.05, 3.63) is 12.2 Å². The molecule has 1 rings (SSSR count). The lowest BCUT2D eigenvalue weighted by Gasteiger charge is -2.23. The number of hydrogen-bond donors (Lipinski definition) is 1. The van der Waals surface area contributed by atoms with Crippen LogP contribution in [0.25, 0.3) is 0 Å². The van der Waals surface area contributed by atoms with Crippen LogP contribution in [0.15, 0.2) is 12.2 Å². The van der Waals surface area contributed by atoms with E-state index in [0.717, 1.165) is 37.8 Å². The standard InChI is InChI=1S/C16H25NO6/c1-3-21-14(18)9-10-15(19)22-11-12(2)17-16(20)23-13-7-5-4-6-8-13/h9-10,12-13H,3-8,11H2,1-2H3,(H,17,20)/b10-9+/t12-/m1/s1. The molecule has 0 unspecified atom stereocenters. The van der Waals surface area contributed by atoms with Crippen molar-refractivity contribution < 1.29 is 28.6 Å². The van der Waals surface area contributed by atoms with Gasteiger partial charge in [0, 0.05) is 12.2 Å². The van der Waals surface area contributed by atoms with E-state index < -0.39 is 18.0 Å². The molecular weight excluding hydrogens is 302 g/mol. The van der Waals surface area contributed by atoms with E-state index in [2.05, 4.69) is 10.1 Å². The molecule has 1 amide bonds. The van der Waals surface area contributed by atoms with E-state index >= 15 is 0 Å². The highest BCUT2D eigenvalue weighted by molar-refractivity contribution is 5.91. The van der Waals surface area contributed by atoms with E-state index in [1.807, 2.05) is 0 Å². The zero-order chi connectivity index (χ0) is 17.1. The van der Waals surface area contributed by atoms with Crippen molar-refractivity contribution in [1.82, 2.24) is 5.32 Å². The number of nitrogens with one attached hydrogen (secondary N) is 1. The van der Waals surface area contributed by atoms with Crippen LogP contribution in [-0.2, 0) is 23.8 Å². The highest BCUT2D eigenvalue weighted by atomic mass is 16.6. The van der Waals surface area contributed by atoms with Crippen molar-refractivity contribution in [2.75, 3.05) is 13.2 Å². The highest BCUT2D eigenvalue weighted by Crippen LogP contribution is 2.20. The van der Waals surface area contributed by atoms with Crippen molar-refractivity contribution >= 4 is 18.0 Å². The van der Waals surface area contributed by atoms with Gasteiger partial charge in [-0.25, -0.2) is 14.4 Å². The molecule has 0 heterocycles. The smallest absolute Gasteiger partial charge is 0.407 e. The Balaban J connectivity index is 2.19. The average molecular weight is 327 g/mol. The quantitative estimate of drug-likeness (QED) is 0.437. The van der Waals surface area contributed by atoms with Crippen molar-refractivity contribution in [2.45, 2.75) is 58.1 Å². The van der Waals surface area contributed by atoms with Crippen LogP contribution < -0.4 is 5.32 Å². The molecule has 0 aliphatic heterocycles. The SMILES string of the molecule is CCOC(=O)/C=C/C(=O)OC[C@@H](C)NC(=O)OC1CCCCC1. The summed E-state index contributed by atoms with van der Waals surface area (Å²) in [7, 11) is 0. The summed E-state index contributed by atoms with van der Waals surface area (Å²) >= 11 is 0. The predicted octanol–water partition coefficient (Wildman–Crippen LogP) is 2.10. The monoisotopic (exact) mass is 327 g/mol. The number of carbonyl (C=O) groups excluding carboxylic acids is 3. The fourth-order valence-electron chi connectivity index (χ4n) is 2.19. The number of esters is 2. The Morgan fingerprint density at radius 3 is 2.30 bits per heavy atom. The van der Waals surface area contributed by atoms with Crippen molar-refractivity contribution in [3.63, 3.8) is 0 Å². The first-order valence-corrected chi connectivity index (χ1v) is 8.00. The molecule has 130 valence electrons. The molecule has 7 heteroatoms. The minimum Gasteiger partial charge on any atom is -0.463 e. The molecule has 1 fully saturated rings. The summed E-state index contributed by atoms with van der Waals surface area (Å²) in [6, 6.07) is -0.383. The Morgan fingerprint density at radius 1 is 1.09 bits per heavy atom. The molecule has 0 bridgehead atoms. The van der Waals surface area contributed by atoms with Gasteiger partial charge in [0.05, 0.1) is 12.6 Å². The summed E-state index contributed by atoms with van der Waals surface area (Å²) in [5, 5.41) is 2.61. The maximum Gasteiger partial charge on any atom is 0.407 e. The Hall–Kier alpha value is -2.05. The lowest BCUT2D eigenvalue weighted by Crippen LogP contribution is -2.38. The third-order valence-corrected chi connectivity index (χ3v) is 3.31. The van der Waals surface area contributed by atoms with Gasteiger partial charge in [-0.3, -0.25) is 0 Å². The lowest BCUT2D eigenvalue weighted by molar-refractivity contribution is -0.140. The van der Waals surface area contributed by atoms with Crippen LogP contribution in [0, 0.1) is 0 Å². The van der Waals surface area contributed by atoms with Gasteiger partial charge in [0.15, 0.2) is 0 Å². The minimum absolute atomic E-state index is 0.00817. The Labute approximate surface area is 136 Å². The molecule has 0 saturated heterocycles. The third-order valence-electron chi connectivity index (χ3n) is 3.31. The lowest BCUT2D eigenvalue weighted by atomic mass is 9.98. The fraction of sp³-hybridized carbons (Fsp3) is 0.688. The number of carbonyl (C=O) groups is 3. The molecule has 1 atom stereocenters. The van der Waals surface area contributed by atoms with Gasteiger partial charge in [-0.2, -0.15) is 0 Å². The van der Waals surface area contributed by atoms with Crippen LogP contribution in [-0.4, -0.2) is 43.4 Å². The Bertz CT molecular complexity index is 428. The van der Waals surface area contributed by atoms with E-state index in [-0.39, 0.29) is 25.4 Å². The van der Waals surface area contributed by atoms with Gasteiger partial charge in [0.25, 0.3) is 0 Å². The van der Waals surface area contributed by atoms with Gasteiger partial charge in [-0.05, 0) is 39.5 Å². The Kier molecular flexibility index (Phi) is 8.79. The number of ether oxygens (including phenoxy) is 3. The number of alkyl carbamates (subject to hydrolysis) is 1. The highest BCUT2D eigenvalue weighted by Gasteiger charge is 2.18. The average Bonchev–Trinajstić information content (AvgIpc) is 2.52. The molecule has 0 spiro atoms. The first kappa shape index (κ1) is 19.0. The van der Waals surface area contributed by atoms with Crippen LogP contribution in [0.1, 0.15) is 46.0 Å². The number of amides is 1. The molecule has 23 heavy (non-hydrogen) atoms. The van der Waals surface area contributed by atoms with Gasteiger partial charge in [-0.1, -0.05) is 6.42 Å². The van der Waals surface area contributed by atoms with Gasteiger partial charge in [-0.15, -0.1) is 0 Å². The minimum atomic E-state index is -0.674. The summed E-state index contributed by atoms with van der Waals surface area (Å²) in [4.78, 5) is 34.1. The van der Waals surface area contributed by atoms with Crippen molar-refractivity contribution in [1.29, 1.82) is 0 Å². The molecule has 1 aliphatic carbocycles. The Morgan fingerprint density at radius 2 is 1.70 bits per heavy atom. The summed E-state index contributed by atoms with van der Waals surface area (Å²) in [5.74, 6) is -1.28. The molecule has 0 aromatic heterocycles. The fourth-order valence-corrected chi connectivity index (χ4v) is 2.19. The van der Waals surface area contributed by atoms with Crippen LogP contribution in [0.3, 0.4) is 0 Å². The topological polar surface area (TPSA) is 90.9 Å². The zero-order valence-electron chi connectivity index (χ0n) is 13.7. The molecule has 1 saturated carbocycles. The molecular formula is C16H25NO6. The normalized spacial score (nSPS) is 16.6. The largest absolute Gasteiger partial charge is 0.463 e. The van der Waals surface area contributed by atoms with Gasteiger partial charge < -0.3 is 19.5 Å². The van der Waals surface area contributed by atoms with Crippen LogP contribution in [0.5, 0.6) is 0 Å². The van der Waals surface area contributed by atoms with E-state index in [1.165, 1.54) is 6.42 Å².